The molecule has 0 radical (unpaired) electrons. The number of nitrogens with one attached hydrogen (secondary N) is 3. The Morgan fingerprint density at radius 3 is 2.71 bits per heavy atom. The number of halogens is 1. The molecule has 3 N–H and O–H groups in total. The Labute approximate surface area is 305 Å². The lowest BCUT2D eigenvalue weighted by atomic mass is 10.1. The second-order valence-corrected chi connectivity index (χ2v) is 18.0. The molecule has 2 aromatic rings. The number of aryl methyl sites for hydroxylation is 2. The number of hydrogen-bond donors (Lipinski definition) is 3. The van der Waals surface area contributed by atoms with Crippen LogP contribution in [0.2, 0.25) is 0 Å². The molecule has 5 atom stereocenters. The number of ether oxygens (including phenoxy) is 1. The Kier molecular flexibility index (Phi) is 9.25. The summed E-state index contributed by atoms with van der Waals surface area (Å²) in [6, 6.07) is 2.88. The monoisotopic (exact) mass is 754 g/mol. The number of amides is 4. The summed E-state index contributed by atoms with van der Waals surface area (Å²) in [6.07, 6.45) is 10.0. The predicted molar refractivity (Wildman–Crippen MR) is 189 cm³/mol. The Hall–Kier alpha value is -4.05. The highest BCUT2D eigenvalue weighted by atomic mass is 32.2. The van der Waals surface area contributed by atoms with Crippen molar-refractivity contribution in [3.8, 4) is 0 Å². The third kappa shape index (κ3) is 6.91. The lowest BCUT2D eigenvalue weighted by Gasteiger charge is -2.29. The second kappa shape index (κ2) is 13.7. The summed E-state index contributed by atoms with van der Waals surface area (Å²) in [5, 5.41) is 6.26. The van der Waals surface area contributed by atoms with E-state index in [1.165, 1.54) is 20.7 Å². The molecule has 2 saturated carbocycles. The van der Waals surface area contributed by atoms with Gasteiger partial charge in [-0.15, -0.1) is 11.3 Å². The number of carbonyl (C=O) groups excluding carboxylic acids is 4. The van der Waals surface area contributed by atoms with Crippen molar-refractivity contribution >= 4 is 50.3 Å². The summed E-state index contributed by atoms with van der Waals surface area (Å²) in [7, 11) is -3.88. The SMILES string of the molecule is O=C1N[C@]2(C(=O)NS(=O)(=O)C3CC3)C[C@H]2/C=C\CCCCC[C@H](Nc2nc3c(s2)CCC3)C(=O)N2C[C@H](OC(=O)N3Cc4cccc(F)c4C3)C[C@@H]12. The minimum Gasteiger partial charge on any atom is -0.444 e. The first-order chi connectivity index (χ1) is 25.0. The maximum atomic E-state index is 14.5. The number of allylic oxidation sites excluding steroid dienone is 1. The van der Waals surface area contributed by atoms with Gasteiger partial charge in [0.25, 0.3) is 5.91 Å². The molecule has 3 aliphatic heterocycles. The quantitative estimate of drug-likeness (QED) is 0.373. The molecule has 3 aliphatic carbocycles. The first-order valence-electron chi connectivity index (χ1n) is 18.3. The van der Waals surface area contributed by atoms with E-state index < -0.39 is 68.6 Å². The molecule has 6 aliphatic rings. The number of anilines is 1. The molecule has 8 rings (SSSR count). The van der Waals surface area contributed by atoms with E-state index >= 15 is 0 Å². The smallest absolute Gasteiger partial charge is 0.410 e. The van der Waals surface area contributed by atoms with Crippen molar-refractivity contribution in [1.82, 2.24) is 24.8 Å². The van der Waals surface area contributed by atoms with Crippen molar-refractivity contribution in [2.45, 2.75) is 119 Å². The Morgan fingerprint density at radius 1 is 1.08 bits per heavy atom. The first-order valence-corrected chi connectivity index (χ1v) is 20.7. The molecule has 13 nitrogen and oxygen atoms in total. The van der Waals surface area contributed by atoms with E-state index in [1.54, 1.807) is 23.5 Å². The van der Waals surface area contributed by atoms with Gasteiger partial charge >= 0.3 is 6.09 Å². The fraction of sp³-hybridized carbons (Fsp3) is 0.583. The number of benzene rings is 1. The largest absolute Gasteiger partial charge is 0.444 e. The first kappa shape index (κ1) is 35.0. The van der Waals surface area contributed by atoms with Crippen molar-refractivity contribution < 1.29 is 36.7 Å². The van der Waals surface area contributed by atoms with Gasteiger partial charge in [-0.05, 0) is 69.4 Å². The number of sulfonamides is 1. The summed E-state index contributed by atoms with van der Waals surface area (Å²) < 4.78 is 48.1. The highest BCUT2D eigenvalue weighted by Crippen LogP contribution is 2.46. The molecule has 278 valence electrons. The number of fused-ring (bicyclic) bond motifs is 4. The van der Waals surface area contributed by atoms with E-state index in [-0.39, 0.29) is 38.4 Å². The average Bonchev–Trinajstić information content (AvgIpc) is 3.82. The summed E-state index contributed by atoms with van der Waals surface area (Å²) in [6.45, 7) is 0.147. The molecule has 4 amide bonds. The van der Waals surface area contributed by atoms with Gasteiger partial charge in [-0.1, -0.05) is 37.1 Å². The van der Waals surface area contributed by atoms with Gasteiger partial charge in [0.2, 0.25) is 21.8 Å². The van der Waals surface area contributed by atoms with Gasteiger partial charge in [-0.25, -0.2) is 22.6 Å². The van der Waals surface area contributed by atoms with Crippen molar-refractivity contribution in [3.05, 3.63) is 57.9 Å². The Morgan fingerprint density at radius 2 is 1.92 bits per heavy atom. The zero-order valence-electron chi connectivity index (χ0n) is 28.8. The Bertz CT molecular complexity index is 1910. The number of aromatic nitrogens is 1. The molecule has 1 saturated heterocycles. The molecular weight excluding hydrogens is 712 g/mol. The van der Waals surface area contributed by atoms with E-state index in [0.717, 1.165) is 50.6 Å². The minimum atomic E-state index is -3.88. The van der Waals surface area contributed by atoms with Crippen molar-refractivity contribution in [2.24, 2.45) is 5.92 Å². The van der Waals surface area contributed by atoms with Gasteiger partial charge in [-0.3, -0.25) is 24.0 Å². The van der Waals surface area contributed by atoms with Crippen LogP contribution in [-0.4, -0.2) is 82.5 Å². The second-order valence-electron chi connectivity index (χ2n) is 14.9. The van der Waals surface area contributed by atoms with Gasteiger partial charge in [-0.2, -0.15) is 0 Å². The lowest BCUT2D eigenvalue weighted by molar-refractivity contribution is -0.140. The van der Waals surface area contributed by atoms with Crippen LogP contribution in [0.25, 0.3) is 0 Å². The summed E-state index contributed by atoms with van der Waals surface area (Å²) in [4.78, 5) is 64.7. The zero-order valence-corrected chi connectivity index (χ0v) is 30.4. The van der Waals surface area contributed by atoms with Crippen LogP contribution in [0.4, 0.5) is 14.3 Å². The van der Waals surface area contributed by atoms with Crippen LogP contribution in [0.3, 0.4) is 0 Å². The summed E-state index contributed by atoms with van der Waals surface area (Å²) in [5.41, 5.74) is 0.664. The van der Waals surface area contributed by atoms with Crippen molar-refractivity contribution in [2.75, 3.05) is 11.9 Å². The molecule has 3 fully saturated rings. The number of hydrogen-bond acceptors (Lipinski definition) is 10. The highest BCUT2D eigenvalue weighted by molar-refractivity contribution is 7.91. The molecule has 52 heavy (non-hydrogen) atoms. The van der Waals surface area contributed by atoms with Crippen molar-refractivity contribution in [1.29, 1.82) is 0 Å². The molecule has 1 aromatic carbocycles. The molecule has 1 aromatic heterocycles. The van der Waals surface area contributed by atoms with Crippen molar-refractivity contribution in [3.63, 3.8) is 0 Å². The fourth-order valence-electron chi connectivity index (χ4n) is 7.98. The van der Waals surface area contributed by atoms with Crippen LogP contribution in [0, 0.1) is 11.7 Å². The van der Waals surface area contributed by atoms with Gasteiger partial charge in [0.05, 0.1) is 24.0 Å². The van der Waals surface area contributed by atoms with Gasteiger partial charge < -0.3 is 20.3 Å². The average molecular weight is 755 g/mol. The summed E-state index contributed by atoms with van der Waals surface area (Å²) >= 11 is 1.54. The predicted octanol–water partition coefficient (Wildman–Crippen LogP) is 3.68. The maximum absolute atomic E-state index is 14.5. The fourth-order valence-corrected chi connectivity index (χ4v) is 10.4. The number of thiazole rings is 1. The number of nitrogens with zero attached hydrogens (tertiary/aromatic N) is 3. The third-order valence-electron chi connectivity index (χ3n) is 11.2. The molecular formula is C36H43FN6O7S2. The summed E-state index contributed by atoms with van der Waals surface area (Å²) in [5.74, 6) is -2.59. The minimum absolute atomic E-state index is 0.0324. The van der Waals surface area contributed by atoms with Crippen LogP contribution < -0.4 is 15.4 Å². The van der Waals surface area contributed by atoms with Crippen LogP contribution in [-0.2, 0) is 55.1 Å². The molecule has 0 unspecified atom stereocenters. The molecule has 4 heterocycles. The number of rotatable bonds is 6. The van der Waals surface area contributed by atoms with E-state index in [1.807, 2.05) is 12.2 Å². The van der Waals surface area contributed by atoms with E-state index in [2.05, 4.69) is 15.4 Å². The molecule has 0 spiro atoms. The molecule has 16 heteroatoms. The standard InChI is InChI=1S/C36H43FN6O7S2/c37-26-10-6-8-21-18-42(20-25(21)26)35(47)50-23-16-29-31(44)40-36(33(46)41-52(48,49)24-14-15-24)17-22(36)9-4-2-1-3-5-11-28(32(45)43(29)19-23)39-34-38-27-12-7-13-30(27)51-34/h4,6,8-10,22-24,28-29H,1-3,5,7,11-20H2,(H,38,39)(H,40,44)(H,41,46)/b9-4-/t22-,23-,28+,29+,36-/m1/s1. The highest BCUT2D eigenvalue weighted by Gasteiger charge is 2.62. The lowest BCUT2D eigenvalue weighted by Crippen LogP contribution is -2.57. The Balaban J connectivity index is 1.05. The van der Waals surface area contributed by atoms with Crippen LogP contribution in [0.1, 0.15) is 85.9 Å². The van der Waals surface area contributed by atoms with E-state index in [9.17, 15) is 32.0 Å². The third-order valence-corrected chi connectivity index (χ3v) is 14.1. The molecule has 0 bridgehead atoms. The maximum Gasteiger partial charge on any atom is 0.410 e. The van der Waals surface area contributed by atoms with Crippen LogP contribution in [0.15, 0.2) is 30.4 Å². The van der Waals surface area contributed by atoms with Gasteiger partial charge in [0.15, 0.2) is 5.13 Å². The van der Waals surface area contributed by atoms with Gasteiger partial charge in [0.1, 0.15) is 29.5 Å². The number of carbonyl (C=O) groups is 4. The van der Waals surface area contributed by atoms with E-state index in [4.69, 9.17) is 9.72 Å². The topological polar surface area (TPSA) is 167 Å². The van der Waals surface area contributed by atoms with Crippen LogP contribution in [0.5, 0.6) is 0 Å². The zero-order chi connectivity index (χ0) is 36.2. The normalized spacial score (nSPS) is 29.5. The van der Waals surface area contributed by atoms with Gasteiger partial charge in [0, 0.05) is 29.3 Å². The van der Waals surface area contributed by atoms with E-state index in [0.29, 0.717) is 35.5 Å². The van der Waals surface area contributed by atoms with Crippen LogP contribution >= 0.6 is 11.3 Å².